The van der Waals surface area contributed by atoms with E-state index in [4.69, 9.17) is 21.1 Å². The number of fused-ring (bicyclic) bond motifs is 1. The second-order valence-electron chi connectivity index (χ2n) is 6.01. The Bertz CT molecular complexity index is 1140. The van der Waals surface area contributed by atoms with E-state index in [-0.39, 0.29) is 12.7 Å². The molecule has 6 nitrogen and oxygen atoms in total. The minimum atomic E-state index is -0.262. The number of aliphatic imine (C=N–C) groups is 1. The first-order chi connectivity index (χ1) is 13.7. The smallest absolute Gasteiger partial charge is 0.284 e. The predicted octanol–water partition coefficient (Wildman–Crippen LogP) is 4.36. The molecule has 8 heteroatoms. The Morgan fingerprint density at radius 1 is 1.14 bits per heavy atom. The zero-order valence-corrected chi connectivity index (χ0v) is 15.9. The fourth-order valence-electron chi connectivity index (χ4n) is 3.00. The van der Waals surface area contributed by atoms with Crippen molar-refractivity contribution >= 4 is 45.9 Å². The van der Waals surface area contributed by atoms with Gasteiger partial charge in [-0.15, -0.1) is 11.3 Å². The van der Waals surface area contributed by atoms with E-state index >= 15 is 0 Å². The molecule has 0 N–H and O–H groups in total. The minimum absolute atomic E-state index is 0.195. The third-order valence-corrected chi connectivity index (χ3v) is 5.37. The Balaban J connectivity index is 1.61. The van der Waals surface area contributed by atoms with E-state index in [2.05, 4.69) is 9.98 Å². The van der Waals surface area contributed by atoms with Crippen LogP contribution in [0.2, 0.25) is 5.02 Å². The van der Waals surface area contributed by atoms with Crippen LogP contribution in [0.4, 0.5) is 5.13 Å². The number of aromatic nitrogens is 1. The maximum absolute atomic E-state index is 13.1. The maximum atomic E-state index is 13.1. The zero-order chi connectivity index (χ0) is 19.1. The molecule has 0 saturated carbocycles. The van der Waals surface area contributed by atoms with Crippen molar-refractivity contribution in [2.45, 2.75) is 0 Å². The first-order valence-corrected chi connectivity index (χ1v) is 9.65. The minimum Gasteiger partial charge on any atom is -0.454 e. The molecule has 1 amide bonds. The quantitative estimate of drug-likeness (QED) is 0.603. The normalized spacial score (nSPS) is 16.8. The lowest BCUT2D eigenvalue weighted by molar-refractivity contribution is -0.113. The fraction of sp³-hybridized carbons (Fsp3) is 0.0500. The van der Waals surface area contributed by atoms with E-state index in [0.717, 1.165) is 5.56 Å². The van der Waals surface area contributed by atoms with Crippen LogP contribution in [-0.4, -0.2) is 23.5 Å². The molecule has 2 aliphatic rings. The molecule has 5 rings (SSSR count). The molecule has 2 aromatic carbocycles. The summed E-state index contributed by atoms with van der Waals surface area (Å²) in [5.41, 5.74) is 1.75. The molecule has 0 aliphatic carbocycles. The molecule has 1 aromatic heterocycles. The topological polar surface area (TPSA) is 64.0 Å². The molecule has 0 spiro atoms. The van der Waals surface area contributed by atoms with E-state index < -0.39 is 0 Å². The van der Waals surface area contributed by atoms with E-state index in [1.54, 1.807) is 18.3 Å². The largest absolute Gasteiger partial charge is 0.454 e. The van der Waals surface area contributed by atoms with Crippen molar-refractivity contribution < 1.29 is 14.3 Å². The molecule has 0 saturated heterocycles. The van der Waals surface area contributed by atoms with Crippen LogP contribution in [-0.2, 0) is 4.79 Å². The molecule has 0 radical (unpaired) electrons. The molecular formula is C20H12ClN3O3S. The second kappa shape index (κ2) is 6.78. The molecule has 0 bridgehead atoms. The molecular weight excluding hydrogens is 398 g/mol. The first-order valence-electron chi connectivity index (χ1n) is 8.39. The number of benzene rings is 2. The highest BCUT2D eigenvalue weighted by molar-refractivity contribution is 7.14. The summed E-state index contributed by atoms with van der Waals surface area (Å²) in [4.78, 5) is 23.5. The summed E-state index contributed by atoms with van der Waals surface area (Å²) >= 11 is 7.72. The molecule has 3 heterocycles. The number of hydrogen-bond acceptors (Lipinski definition) is 6. The van der Waals surface area contributed by atoms with Gasteiger partial charge in [-0.25, -0.2) is 14.9 Å². The number of amidine groups is 1. The van der Waals surface area contributed by atoms with Crippen molar-refractivity contribution in [1.29, 1.82) is 0 Å². The number of nitrogens with zero attached hydrogens (tertiary/aromatic N) is 3. The van der Waals surface area contributed by atoms with Gasteiger partial charge in [0, 0.05) is 17.1 Å². The van der Waals surface area contributed by atoms with Crippen molar-refractivity contribution in [3.05, 3.63) is 75.9 Å². The van der Waals surface area contributed by atoms with Crippen molar-refractivity contribution in [3.63, 3.8) is 0 Å². The van der Waals surface area contributed by atoms with E-state index in [0.29, 0.717) is 38.7 Å². The maximum Gasteiger partial charge on any atom is 0.284 e. The van der Waals surface area contributed by atoms with Crippen molar-refractivity contribution in [2.24, 2.45) is 4.99 Å². The van der Waals surface area contributed by atoms with Crippen LogP contribution in [0.5, 0.6) is 11.5 Å². The van der Waals surface area contributed by atoms with Gasteiger partial charge < -0.3 is 9.47 Å². The van der Waals surface area contributed by atoms with Crippen LogP contribution in [0.25, 0.3) is 6.08 Å². The Hall–Kier alpha value is -3.16. The Kier molecular flexibility index (Phi) is 4.11. The van der Waals surface area contributed by atoms with Crippen LogP contribution < -0.4 is 14.4 Å². The zero-order valence-electron chi connectivity index (χ0n) is 14.3. The second-order valence-corrected chi connectivity index (χ2v) is 7.29. The summed E-state index contributed by atoms with van der Waals surface area (Å²) in [5, 5.41) is 2.87. The molecule has 0 atom stereocenters. The lowest BCUT2D eigenvalue weighted by Gasteiger charge is -2.15. The van der Waals surface area contributed by atoms with Gasteiger partial charge in [-0.3, -0.25) is 4.79 Å². The van der Waals surface area contributed by atoms with Gasteiger partial charge in [0.2, 0.25) is 6.79 Å². The summed E-state index contributed by atoms with van der Waals surface area (Å²) in [5.74, 6) is 1.52. The highest BCUT2D eigenvalue weighted by Gasteiger charge is 2.34. The summed E-state index contributed by atoms with van der Waals surface area (Å²) in [6.07, 6.45) is 3.37. The fourth-order valence-corrected chi connectivity index (χ4v) is 3.86. The van der Waals surface area contributed by atoms with Gasteiger partial charge in [-0.2, -0.15) is 0 Å². The number of carbonyl (C=O) groups excluding carboxylic acids is 1. The highest BCUT2D eigenvalue weighted by Crippen LogP contribution is 2.35. The number of hydrogen-bond donors (Lipinski definition) is 0. The number of anilines is 1. The van der Waals surface area contributed by atoms with E-state index in [1.165, 1.54) is 16.2 Å². The van der Waals surface area contributed by atoms with Crippen LogP contribution in [0, 0.1) is 0 Å². The van der Waals surface area contributed by atoms with E-state index in [9.17, 15) is 4.79 Å². The summed E-state index contributed by atoms with van der Waals surface area (Å²) < 4.78 is 10.7. The van der Waals surface area contributed by atoms with Crippen LogP contribution in [0.1, 0.15) is 11.1 Å². The molecule has 138 valence electrons. The van der Waals surface area contributed by atoms with Crippen LogP contribution >= 0.6 is 22.9 Å². The number of halogens is 1. The Morgan fingerprint density at radius 2 is 2.00 bits per heavy atom. The summed E-state index contributed by atoms with van der Waals surface area (Å²) in [7, 11) is 0. The third kappa shape index (κ3) is 2.85. The van der Waals surface area contributed by atoms with Gasteiger partial charge in [-0.05, 0) is 35.9 Å². The van der Waals surface area contributed by atoms with Gasteiger partial charge >= 0.3 is 0 Å². The number of ether oxygens (including phenoxy) is 2. The van der Waals surface area contributed by atoms with Crippen molar-refractivity contribution in [1.82, 2.24) is 4.98 Å². The molecule has 0 unspecified atom stereocenters. The Morgan fingerprint density at radius 3 is 2.82 bits per heavy atom. The predicted molar refractivity (Wildman–Crippen MR) is 108 cm³/mol. The molecule has 0 fully saturated rings. The third-order valence-electron chi connectivity index (χ3n) is 4.29. The lowest BCUT2D eigenvalue weighted by atomic mass is 10.1. The van der Waals surface area contributed by atoms with Crippen LogP contribution in [0.15, 0.2) is 64.7 Å². The van der Waals surface area contributed by atoms with Gasteiger partial charge in [0.1, 0.15) is 5.70 Å². The average Bonchev–Trinajstić information content (AvgIpc) is 3.43. The Labute approximate surface area is 169 Å². The highest BCUT2D eigenvalue weighted by atomic mass is 35.5. The summed E-state index contributed by atoms with van der Waals surface area (Å²) in [6, 6.07) is 12.8. The molecule has 28 heavy (non-hydrogen) atoms. The number of rotatable bonds is 3. The monoisotopic (exact) mass is 409 g/mol. The summed E-state index contributed by atoms with van der Waals surface area (Å²) in [6.45, 7) is 0.195. The van der Waals surface area contributed by atoms with Gasteiger partial charge in [0.15, 0.2) is 22.5 Å². The van der Waals surface area contributed by atoms with E-state index in [1.807, 2.05) is 41.8 Å². The van der Waals surface area contributed by atoms with Crippen molar-refractivity contribution in [3.8, 4) is 11.5 Å². The van der Waals surface area contributed by atoms with Gasteiger partial charge in [-0.1, -0.05) is 29.8 Å². The number of thiazole rings is 1. The van der Waals surface area contributed by atoms with Gasteiger partial charge in [0.25, 0.3) is 5.91 Å². The SMILES string of the molecule is O=C1/C(=C/c2ccc3c(c2)OCO3)N=C(c2ccccc2Cl)N1c1nccs1. The van der Waals surface area contributed by atoms with Crippen molar-refractivity contribution in [2.75, 3.05) is 11.7 Å². The van der Waals surface area contributed by atoms with Crippen LogP contribution in [0.3, 0.4) is 0 Å². The standard InChI is InChI=1S/C20H12ClN3O3S/c21-14-4-2-1-3-13(14)18-23-15(19(25)24(18)20-22-7-8-28-20)9-12-5-6-16-17(10-12)27-11-26-16/h1-10H,11H2/b15-9-. The molecule has 2 aliphatic heterocycles. The number of carbonyl (C=O) groups is 1. The number of amides is 1. The lowest BCUT2D eigenvalue weighted by Crippen LogP contribution is -2.32. The average molecular weight is 410 g/mol. The van der Waals surface area contributed by atoms with Gasteiger partial charge in [0.05, 0.1) is 5.02 Å². The molecule has 3 aromatic rings. The first kappa shape index (κ1) is 17.0.